The number of para-hydroxylation sites is 2. The van der Waals surface area contributed by atoms with Gasteiger partial charge in [-0.05, 0) is 56.6 Å². The third kappa shape index (κ3) is 5.83. The maximum Gasteiger partial charge on any atom is 0.141 e. The molecule has 0 fully saturated rings. The Hall–Kier alpha value is -4.95. The van der Waals surface area contributed by atoms with E-state index < -0.39 is 0 Å². The molecule has 9 aromatic rings. The molecule has 16 heteroatoms. The highest BCUT2D eigenvalue weighted by Crippen LogP contribution is 2.36. The van der Waals surface area contributed by atoms with Gasteiger partial charge < -0.3 is 9.13 Å². The summed E-state index contributed by atoms with van der Waals surface area (Å²) in [6.45, 7) is 6.88. The highest BCUT2D eigenvalue weighted by atomic mass is 15.0. The van der Waals surface area contributed by atoms with Crippen LogP contribution in [-0.4, -0.2) is 119 Å². The van der Waals surface area contributed by atoms with Crippen LogP contribution in [0.1, 0.15) is 26.3 Å². The molecule has 0 bridgehead atoms. The van der Waals surface area contributed by atoms with Crippen molar-refractivity contribution in [3.63, 3.8) is 0 Å². The molecule has 9 rings (SSSR count). The van der Waals surface area contributed by atoms with E-state index in [2.05, 4.69) is 219 Å². The third-order valence-electron chi connectivity index (χ3n) is 15.7. The van der Waals surface area contributed by atoms with Gasteiger partial charge in [0.2, 0.25) is 0 Å². The van der Waals surface area contributed by atoms with Gasteiger partial charge in [-0.1, -0.05) is 147 Å². The topological polar surface area (TPSA) is 9.86 Å². The summed E-state index contributed by atoms with van der Waals surface area (Å²) in [5.41, 5.74) is 33.6. The van der Waals surface area contributed by atoms with Crippen molar-refractivity contribution in [3.8, 4) is 33.6 Å². The lowest BCUT2D eigenvalue weighted by Gasteiger charge is -2.24. The summed E-state index contributed by atoms with van der Waals surface area (Å²) in [6, 6.07) is 29.4. The Bertz CT molecular complexity index is 3420. The molecule has 0 N–H and O–H groups in total. The van der Waals surface area contributed by atoms with Crippen molar-refractivity contribution in [1.82, 2.24) is 9.13 Å². The zero-order valence-electron chi connectivity index (χ0n) is 40.4. The highest BCUT2D eigenvalue weighted by Gasteiger charge is 2.29. The smallest absolute Gasteiger partial charge is 0.141 e. The van der Waals surface area contributed by atoms with E-state index in [-0.39, 0.29) is 5.41 Å². The van der Waals surface area contributed by atoms with Crippen molar-refractivity contribution < 1.29 is 0 Å². The van der Waals surface area contributed by atoms with Crippen molar-refractivity contribution in [1.29, 1.82) is 0 Å². The van der Waals surface area contributed by atoms with Gasteiger partial charge >= 0.3 is 0 Å². The van der Waals surface area contributed by atoms with Crippen molar-refractivity contribution in [3.05, 3.63) is 84.4 Å². The minimum Gasteiger partial charge on any atom is -0.310 e. The van der Waals surface area contributed by atoms with Crippen LogP contribution in [0.4, 0.5) is 0 Å². The predicted molar refractivity (Wildman–Crippen MR) is 319 cm³/mol. The van der Waals surface area contributed by atoms with Gasteiger partial charge in [-0.2, -0.15) is 0 Å². The first-order valence-corrected chi connectivity index (χ1v) is 22.7. The number of fused-ring (bicyclic) bond motifs is 6. The molecule has 2 aromatic heterocycles. The molecule has 0 atom stereocenters. The number of hydrogen-bond acceptors (Lipinski definition) is 0. The summed E-state index contributed by atoms with van der Waals surface area (Å²) in [5.74, 6) is 0. The van der Waals surface area contributed by atoms with E-state index in [1.54, 1.807) is 0 Å². The van der Waals surface area contributed by atoms with Crippen LogP contribution in [0.15, 0.2) is 78.9 Å². The molecule has 2 nitrogen and oxygen atoms in total. The van der Waals surface area contributed by atoms with Gasteiger partial charge in [0.05, 0.1) is 5.69 Å². The summed E-state index contributed by atoms with van der Waals surface area (Å²) < 4.78 is 5.22. The standard InChI is InChI=1S/C46H50B14N2/c1-46(2,3)18-15-13-17(14-16-18)20-11-7-8-12-21(20)62-44-25(27-33(52)35(54)37(56)41(60)45(27)62)29(48)23(31(50)39(44)58)22-28(47)24-26-32(51)34(53)36(55)40(59)43(26)61(19-9-5-4-6-10-19)42(24)38(57)30(22)49/h4-16H,47-60H2,1-3H3. The lowest BCUT2D eigenvalue weighted by molar-refractivity contribution is 0.590. The van der Waals surface area contributed by atoms with Gasteiger partial charge in [0.25, 0.3) is 0 Å². The monoisotopic (exact) mass is 785 g/mol. The first kappa shape index (κ1) is 42.4. The minimum absolute atomic E-state index is 0.0906. The number of aromatic nitrogens is 2. The van der Waals surface area contributed by atoms with E-state index in [1.165, 1.54) is 159 Å². The molecule has 0 saturated carbocycles. The first-order valence-electron chi connectivity index (χ1n) is 22.7. The molecule has 0 unspecified atom stereocenters. The summed E-state index contributed by atoms with van der Waals surface area (Å²) in [4.78, 5) is 0. The second-order valence-electron chi connectivity index (χ2n) is 19.7. The van der Waals surface area contributed by atoms with Crippen LogP contribution in [-0.2, 0) is 5.41 Å². The Balaban J connectivity index is 1.45. The van der Waals surface area contributed by atoms with E-state index in [0.717, 1.165) is 0 Å². The van der Waals surface area contributed by atoms with Crippen molar-refractivity contribution in [2.24, 2.45) is 0 Å². The lowest BCUT2D eigenvalue weighted by Crippen LogP contribution is -2.48. The SMILES string of the molecule is Bc1c(B)c(B)c2c(c1B)c1c(B)c(-c3c(B)c(B)c4c(c3B)c3c(B)c(B)c(B)c(B)c3n4-c3ccccc3-c3ccc(C(C)(C)C)cc3)c(B)c(B)c1n2-c1ccccc1. The largest absolute Gasteiger partial charge is 0.310 e. The average molecular weight is 782 g/mol. The number of hydrogen-bond donors (Lipinski definition) is 0. The quantitative estimate of drug-likeness (QED) is 0.157. The predicted octanol–water partition coefficient (Wildman–Crippen LogP) is -11.9. The lowest BCUT2D eigenvalue weighted by atomic mass is 9.61. The van der Waals surface area contributed by atoms with Crippen LogP contribution in [0.2, 0.25) is 0 Å². The van der Waals surface area contributed by atoms with E-state index >= 15 is 0 Å². The van der Waals surface area contributed by atoms with Crippen molar-refractivity contribution in [2.75, 3.05) is 0 Å². The van der Waals surface area contributed by atoms with Gasteiger partial charge in [-0.3, -0.25) is 0 Å². The summed E-state index contributed by atoms with van der Waals surface area (Å²) in [6.07, 6.45) is 0. The second-order valence-corrected chi connectivity index (χ2v) is 19.7. The van der Waals surface area contributed by atoms with Gasteiger partial charge in [-0.25, -0.2) is 0 Å². The van der Waals surface area contributed by atoms with Gasteiger partial charge in [0, 0.05) is 44.1 Å². The van der Waals surface area contributed by atoms with Crippen LogP contribution >= 0.6 is 0 Å². The summed E-state index contributed by atoms with van der Waals surface area (Å²) in [7, 11) is 33.0. The van der Waals surface area contributed by atoms with Gasteiger partial charge in [0.1, 0.15) is 110 Å². The highest BCUT2D eigenvalue weighted by molar-refractivity contribution is 6.72. The normalized spacial score (nSPS) is 12.0. The van der Waals surface area contributed by atoms with E-state index in [9.17, 15) is 0 Å². The van der Waals surface area contributed by atoms with Gasteiger partial charge in [-0.15, -0.1) is 10.9 Å². The molecule has 0 aliphatic rings. The maximum atomic E-state index is 2.64. The number of rotatable bonds is 4. The fraction of sp³-hybridized carbons (Fsp3) is 0.0870. The summed E-state index contributed by atoms with van der Waals surface area (Å²) >= 11 is 0. The Labute approximate surface area is 381 Å². The number of benzene rings is 7. The van der Waals surface area contributed by atoms with Crippen molar-refractivity contribution >= 4 is 230 Å². The molecule has 7 aromatic carbocycles. The molecule has 0 amide bonds. The molecule has 286 valence electrons. The zero-order chi connectivity index (χ0) is 44.6. The summed E-state index contributed by atoms with van der Waals surface area (Å²) in [5, 5.41) is 5.53. The van der Waals surface area contributed by atoms with Crippen LogP contribution in [0, 0.1) is 0 Å². The maximum absolute atomic E-state index is 2.64. The Morgan fingerprint density at radius 1 is 0.339 bits per heavy atom. The molecule has 0 saturated heterocycles. The molecule has 0 aliphatic carbocycles. The molecule has 0 radical (unpaired) electrons. The van der Waals surface area contributed by atoms with Crippen LogP contribution in [0.25, 0.3) is 77.2 Å². The Morgan fingerprint density at radius 3 is 1.16 bits per heavy atom. The Morgan fingerprint density at radius 2 is 0.710 bits per heavy atom. The van der Waals surface area contributed by atoms with E-state index in [1.807, 2.05) is 0 Å². The average Bonchev–Trinajstić information content (AvgIpc) is 3.81. The molecule has 62 heavy (non-hydrogen) atoms. The zero-order valence-corrected chi connectivity index (χ0v) is 40.4. The van der Waals surface area contributed by atoms with Gasteiger partial charge in [0.15, 0.2) is 0 Å². The van der Waals surface area contributed by atoms with Crippen LogP contribution in [0.3, 0.4) is 0 Å². The molecular weight excluding hydrogens is 732 g/mol. The second kappa shape index (κ2) is 14.8. The fourth-order valence-corrected chi connectivity index (χ4v) is 11.3. The number of nitrogens with zero attached hydrogens (tertiary/aromatic N) is 2. The van der Waals surface area contributed by atoms with Crippen molar-refractivity contribution in [2.45, 2.75) is 26.2 Å². The molecule has 0 spiro atoms. The van der Waals surface area contributed by atoms with E-state index in [0.29, 0.717) is 0 Å². The van der Waals surface area contributed by atoms with Crippen LogP contribution in [0.5, 0.6) is 0 Å². The van der Waals surface area contributed by atoms with Crippen LogP contribution < -0.4 is 76.5 Å². The fourth-order valence-electron chi connectivity index (χ4n) is 11.3. The molecule has 2 heterocycles. The molecular formula is C46H50B14N2. The first-order chi connectivity index (χ1) is 29.3. The minimum atomic E-state index is 0.0906. The van der Waals surface area contributed by atoms with E-state index in [4.69, 9.17) is 0 Å². The Kier molecular flexibility index (Phi) is 10.1. The molecule has 0 aliphatic heterocycles. The third-order valence-corrected chi connectivity index (χ3v) is 15.7.